The van der Waals surface area contributed by atoms with Crippen molar-refractivity contribution in [2.45, 2.75) is 53.9 Å². The van der Waals surface area contributed by atoms with Gasteiger partial charge in [0.1, 0.15) is 17.5 Å². The van der Waals surface area contributed by atoms with Gasteiger partial charge in [0, 0.05) is 18.5 Å². The van der Waals surface area contributed by atoms with Crippen molar-refractivity contribution in [3.8, 4) is 0 Å². The molecule has 18 heavy (non-hydrogen) atoms. The summed E-state index contributed by atoms with van der Waals surface area (Å²) in [6.45, 7) is 11.7. The third-order valence-corrected chi connectivity index (χ3v) is 3.39. The number of aryl methyl sites for hydroxylation is 1. The number of nitrogens with zero attached hydrogens (tertiary/aromatic N) is 2. The topological polar surface area (TPSA) is 63.8 Å². The van der Waals surface area contributed by atoms with E-state index in [1.54, 1.807) is 0 Å². The van der Waals surface area contributed by atoms with Crippen molar-refractivity contribution in [3.63, 3.8) is 0 Å². The molecule has 1 heterocycles. The van der Waals surface area contributed by atoms with Crippen LogP contribution in [0.4, 0.5) is 11.6 Å². The molecule has 4 heteroatoms. The number of aromatic nitrogens is 2. The van der Waals surface area contributed by atoms with Gasteiger partial charge in [0.15, 0.2) is 0 Å². The van der Waals surface area contributed by atoms with Crippen LogP contribution in [0.5, 0.6) is 0 Å². The zero-order valence-corrected chi connectivity index (χ0v) is 12.3. The summed E-state index contributed by atoms with van der Waals surface area (Å²) in [7, 11) is 0. The summed E-state index contributed by atoms with van der Waals surface area (Å²) in [5, 5.41) is 3.41. The molecular weight excluding hydrogens is 224 g/mol. The molecule has 0 radical (unpaired) electrons. The van der Waals surface area contributed by atoms with E-state index in [0.717, 1.165) is 43.0 Å². The lowest BCUT2D eigenvalue weighted by atomic mass is 9.90. The second kappa shape index (κ2) is 6.03. The van der Waals surface area contributed by atoms with Crippen molar-refractivity contribution in [3.05, 3.63) is 11.4 Å². The highest BCUT2D eigenvalue weighted by molar-refractivity contribution is 5.54. The third kappa shape index (κ3) is 3.86. The quantitative estimate of drug-likeness (QED) is 0.814. The van der Waals surface area contributed by atoms with Gasteiger partial charge in [0.05, 0.1) is 0 Å². The second-order valence-electron chi connectivity index (χ2n) is 5.62. The van der Waals surface area contributed by atoms with Crippen molar-refractivity contribution in [2.24, 2.45) is 5.41 Å². The molecule has 0 aliphatic heterocycles. The van der Waals surface area contributed by atoms with Crippen molar-refractivity contribution >= 4 is 11.6 Å². The van der Waals surface area contributed by atoms with Crippen LogP contribution in [0.2, 0.25) is 0 Å². The van der Waals surface area contributed by atoms with E-state index in [1.807, 2.05) is 6.92 Å². The number of nitrogens with two attached hydrogens (primary N) is 1. The van der Waals surface area contributed by atoms with Crippen LogP contribution in [0.25, 0.3) is 0 Å². The van der Waals surface area contributed by atoms with E-state index in [9.17, 15) is 0 Å². The van der Waals surface area contributed by atoms with Crippen LogP contribution >= 0.6 is 0 Å². The maximum atomic E-state index is 5.93. The van der Waals surface area contributed by atoms with Crippen LogP contribution < -0.4 is 11.1 Å². The zero-order valence-electron chi connectivity index (χ0n) is 12.3. The number of hydrogen-bond acceptors (Lipinski definition) is 4. The fraction of sp³-hybridized carbons (Fsp3) is 0.714. The van der Waals surface area contributed by atoms with E-state index in [2.05, 4.69) is 43.0 Å². The fourth-order valence-electron chi connectivity index (χ4n) is 1.54. The fourth-order valence-corrected chi connectivity index (χ4v) is 1.54. The van der Waals surface area contributed by atoms with Gasteiger partial charge >= 0.3 is 0 Å². The molecule has 1 aromatic heterocycles. The summed E-state index contributed by atoms with van der Waals surface area (Å²) >= 11 is 0. The summed E-state index contributed by atoms with van der Waals surface area (Å²) in [6, 6.07) is 0. The summed E-state index contributed by atoms with van der Waals surface area (Å²) in [5.41, 5.74) is 7.14. The first kappa shape index (κ1) is 14.7. The van der Waals surface area contributed by atoms with E-state index in [-0.39, 0.29) is 5.41 Å². The Morgan fingerprint density at radius 3 is 2.44 bits per heavy atom. The molecule has 0 atom stereocenters. The molecule has 1 aromatic rings. The molecule has 0 fully saturated rings. The van der Waals surface area contributed by atoms with Gasteiger partial charge in [-0.1, -0.05) is 27.7 Å². The van der Waals surface area contributed by atoms with Gasteiger partial charge in [0.2, 0.25) is 0 Å². The average Bonchev–Trinajstić information content (AvgIpc) is 2.32. The van der Waals surface area contributed by atoms with Crippen LogP contribution in [0.3, 0.4) is 0 Å². The van der Waals surface area contributed by atoms with E-state index in [4.69, 9.17) is 5.73 Å². The zero-order chi connectivity index (χ0) is 13.8. The summed E-state index contributed by atoms with van der Waals surface area (Å²) < 4.78 is 0. The van der Waals surface area contributed by atoms with Gasteiger partial charge in [-0.05, 0) is 25.2 Å². The summed E-state index contributed by atoms with van der Waals surface area (Å²) in [6.07, 6.45) is 3.03. The van der Waals surface area contributed by atoms with Gasteiger partial charge in [-0.2, -0.15) is 0 Å². The molecule has 0 bridgehead atoms. The van der Waals surface area contributed by atoms with Crippen molar-refractivity contribution in [2.75, 3.05) is 17.6 Å². The summed E-state index contributed by atoms with van der Waals surface area (Å²) in [5.74, 6) is 2.30. The molecule has 0 aromatic carbocycles. The minimum absolute atomic E-state index is 0.261. The van der Waals surface area contributed by atoms with Crippen molar-refractivity contribution in [1.82, 2.24) is 9.97 Å². The highest BCUT2D eigenvalue weighted by Gasteiger charge is 2.16. The van der Waals surface area contributed by atoms with Crippen LogP contribution in [-0.4, -0.2) is 16.5 Å². The summed E-state index contributed by atoms with van der Waals surface area (Å²) in [4.78, 5) is 8.87. The molecule has 102 valence electrons. The van der Waals surface area contributed by atoms with Crippen molar-refractivity contribution < 1.29 is 0 Å². The number of nitrogens with one attached hydrogen (secondary N) is 1. The molecule has 1 rings (SSSR count). The second-order valence-corrected chi connectivity index (χ2v) is 5.62. The SMILES string of the molecule is CCCc1nc(N)c(C)c(NCC(C)(C)CC)n1. The lowest BCUT2D eigenvalue weighted by molar-refractivity contribution is 0.376. The molecule has 4 nitrogen and oxygen atoms in total. The predicted molar refractivity (Wildman–Crippen MR) is 77.7 cm³/mol. The molecule has 0 aliphatic carbocycles. The first-order chi connectivity index (χ1) is 8.39. The molecule has 0 saturated heterocycles. The van der Waals surface area contributed by atoms with Crippen LogP contribution in [0, 0.1) is 12.3 Å². The third-order valence-electron chi connectivity index (χ3n) is 3.39. The minimum Gasteiger partial charge on any atom is -0.383 e. The Bertz CT molecular complexity index is 399. The monoisotopic (exact) mass is 250 g/mol. The van der Waals surface area contributed by atoms with Gasteiger partial charge in [-0.15, -0.1) is 0 Å². The molecule has 0 unspecified atom stereocenters. The Morgan fingerprint density at radius 2 is 1.89 bits per heavy atom. The Kier molecular flexibility index (Phi) is 4.93. The van der Waals surface area contributed by atoms with Gasteiger partial charge in [0.25, 0.3) is 0 Å². The van der Waals surface area contributed by atoms with Crippen LogP contribution in [0.1, 0.15) is 51.9 Å². The Labute approximate surface area is 110 Å². The van der Waals surface area contributed by atoms with E-state index < -0.39 is 0 Å². The van der Waals surface area contributed by atoms with E-state index >= 15 is 0 Å². The smallest absolute Gasteiger partial charge is 0.134 e. The molecule has 0 spiro atoms. The van der Waals surface area contributed by atoms with E-state index in [1.165, 1.54) is 0 Å². The normalized spacial score (nSPS) is 11.6. The number of hydrogen-bond donors (Lipinski definition) is 2. The highest BCUT2D eigenvalue weighted by Crippen LogP contribution is 2.23. The average molecular weight is 250 g/mol. The number of nitrogen functional groups attached to an aromatic ring is 1. The first-order valence-electron chi connectivity index (χ1n) is 6.76. The first-order valence-corrected chi connectivity index (χ1v) is 6.76. The predicted octanol–water partition coefficient (Wildman–Crippen LogP) is 3.17. The van der Waals surface area contributed by atoms with Gasteiger partial charge in [-0.3, -0.25) is 0 Å². The largest absolute Gasteiger partial charge is 0.383 e. The maximum absolute atomic E-state index is 5.93. The Hall–Kier alpha value is -1.32. The van der Waals surface area contributed by atoms with Crippen molar-refractivity contribution in [1.29, 1.82) is 0 Å². The Morgan fingerprint density at radius 1 is 1.22 bits per heavy atom. The molecule has 0 saturated carbocycles. The van der Waals surface area contributed by atoms with Gasteiger partial charge in [-0.25, -0.2) is 9.97 Å². The number of rotatable bonds is 6. The standard InChI is InChI=1S/C14H26N4/c1-6-8-11-17-12(15)10(3)13(18-11)16-9-14(4,5)7-2/h6-9H2,1-5H3,(H3,15,16,17,18). The molecule has 0 aliphatic rings. The lowest BCUT2D eigenvalue weighted by Crippen LogP contribution is -2.23. The van der Waals surface area contributed by atoms with Gasteiger partial charge < -0.3 is 11.1 Å². The lowest BCUT2D eigenvalue weighted by Gasteiger charge is -2.24. The number of anilines is 2. The molecule has 3 N–H and O–H groups in total. The molecular formula is C14H26N4. The highest BCUT2D eigenvalue weighted by atomic mass is 15.1. The Balaban J connectivity index is 2.87. The maximum Gasteiger partial charge on any atom is 0.134 e. The van der Waals surface area contributed by atoms with E-state index in [0.29, 0.717) is 5.82 Å². The minimum atomic E-state index is 0.261. The van der Waals surface area contributed by atoms with Crippen LogP contribution in [-0.2, 0) is 6.42 Å². The molecule has 0 amide bonds. The van der Waals surface area contributed by atoms with Crippen LogP contribution in [0.15, 0.2) is 0 Å².